The van der Waals surface area contributed by atoms with Crippen LogP contribution in [0, 0.1) is 13.8 Å². The fourth-order valence-corrected chi connectivity index (χ4v) is 2.62. The molecule has 110 valence electrons. The summed E-state index contributed by atoms with van der Waals surface area (Å²) in [6.45, 7) is 3.48. The minimum atomic E-state index is -3.78. The van der Waals surface area contributed by atoms with Crippen LogP contribution in [0.2, 0.25) is 0 Å². The van der Waals surface area contributed by atoms with Gasteiger partial charge in [-0.25, -0.2) is 13.4 Å². The molecule has 1 N–H and O–H groups in total. The summed E-state index contributed by atoms with van der Waals surface area (Å²) < 4.78 is 22.5. The molecule has 1 amide bonds. The van der Waals surface area contributed by atoms with Crippen molar-refractivity contribution < 1.29 is 13.2 Å². The Hall–Kier alpha value is -1.92. The van der Waals surface area contributed by atoms with E-state index in [9.17, 15) is 13.2 Å². The molecule has 0 bridgehead atoms. The van der Waals surface area contributed by atoms with Crippen LogP contribution >= 0.6 is 10.7 Å². The Bertz CT molecular complexity index is 804. The van der Waals surface area contributed by atoms with Gasteiger partial charge < -0.3 is 5.32 Å². The van der Waals surface area contributed by atoms with E-state index in [4.69, 9.17) is 10.7 Å². The standard InChI is InChI=1S/C14H13ClN2O3S/c1-9-8-11(21(15,19)20)6-7-12(9)17-14(18)13-5-3-4-10(2)16-13/h3-8H,1-2H3,(H,17,18). The number of amides is 1. The minimum Gasteiger partial charge on any atom is -0.320 e. The van der Waals surface area contributed by atoms with Gasteiger partial charge >= 0.3 is 0 Å². The van der Waals surface area contributed by atoms with Gasteiger partial charge in [-0.3, -0.25) is 4.79 Å². The van der Waals surface area contributed by atoms with E-state index in [2.05, 4.69) is 10.3 Å². The molecule has 1 heterocycles. The van der Waals surface area contributed by atoms with Gasteiger partial charge in [-0.1, -0.05) is 6.07 Å². The molecule has 1 aromatic heterocycles. The van der Waals surface area contributed by atoms with E-state index in [1.54, 1.807) is 32.0 Å². The second-order valence-corrected chi connectivity index (χ2v) is 7.10. The Morgan fingerprint density at radius 2 is 1.90 bits per heavy atom. The van der Waals surface area contributed by atoms with E-state index < -0.39 is 9.05 Å². The van der Waals surface area contributed by atoms with Crippen LogP contribution in [0.25, 0.3) is 0 Å². The molecule has 2 rings (SSSR count). The summed E-state index contributed by atoms with van der Waals surface area (Å²) in [5, 5.41) is 2.69. The summed E-state index contributed by atoms with van der Waals surface area (Å²) in [6.07, 6.45) is 0. The molecule has 0 spiro atoms. The van der Waals surface area contributed by atoms with Crippen LogP contribution in [0.15, 0.2) is 41.3 Å². The third kappa shape index (κ3) is 3.80. The smallest absolute Gasteiger partial charge is 0.274 e. The minimum absolute atomic E-state index is 0.00616. The highest BCUT2D eigenvalue weighted by atomic mass is 35.7. The number of carbonyl (C=O) groups is 1. The average Bonchev–Trinajstić information content (AvgIpc) is 2.39. The van der Waals surface area contributed by atoms with Gasteiger partial charge in [0.2, 0.25) is 0 Å². The largest absolute Gasteiger partial charge is 0.320 e. The van der Waals surface area contributed by atoms with Gasteiger partial charge in [-0.15, -0.1) is 0 Å². The van der Waals surface area contributed by atoms with Crippen molar-refractivity contribution in [3.63, 3.8) is 0 Å². The molecule has 0 unspecified atom stereocenters. The van der Waals surface area contributed by atoms with Crippen LogP contribution in [-0.4, -0.2) is 19.3 Å². The zero-order valence-electron chi connectivity index (χ0n) is 11.4. The Balaban J connectivity index is 2.26. The number of rotatable bonds is 3. The number of hydrogen-bond acceptors (Lipinski definition) is 4. The normalized spacial score (nSPS) is 11.2. The molecule has 7 heteroatoms. The van der Waals surface area contributed by atoms with E-state index in [0.29, 0.717) is 16.9 Å². The summed E-state index contributed by atoms with van der Waals surface area (Å²) >= 11 is 0. The number of hydrogen-bond donors (Lipinski definition) is 1. The quantitative estimate of drug-likeness (QED) is 0.881. The van der Waals surface area contributed by atoms with Crippen LogP contribution in [-0.2, 0) is 9.05 Å². The molecule has 5 nitrogen and oxygen atoms in total. The van der Waals surface area contributed by atoms with Gasteiger partial charge in [-0.05, 0) is 49.7 Å². The molecule has 0 saturated carbocycles. The lowest BCUT2D eigenvalue weighted by atomic mass is 10.2. The molecule has 21 heavy (non-hydrogen) atoms. The molecular weight excluding hydrogens is 312 g/mol. The maximum absolute atomic E-state index is 12.1. The van der Waals surface area contributed by atoms with Crippen LogP contribution in [0.3, 0.4) is 0 Å². The Morgan fingerprint density at radius 3 is 2.48 bits per heavy atom. The average molecular weight is 325 g/mol. The first kappa shape index (κ1) is 15.5. The third-order valence-corrected chi connectivity index (χ3v) is 4.20. The number of nitrogens with zero attached hydrogens (tertiary/aromatic N) is 1. The highest BCUT2D eigenvalue weighted by Crippen LogP contribution is 2.22. The van der Waals surface area contributed by atoms with Crippen molar-refractivity contribution in [3.8, 4) is 0 Å². The molecule has 0 atom stereocenters. The van der Waals surface area contributed by atoms with E-state index in [0.717, 1.165) is 5.69 Å². The Morgan fingerprint density at radius 1 is 1.19 bits per heavy atom. The van der Waals surface area contributed by atoms with Crippen LogP contribution in [0.4, 0.5) is 5.69 Å². The molecule has 0 aliphatic heterocycles. The molecule has 0 radical (unpaired) electrons. The first-order valence-electron chi connectivity index (χ1n) is 6.08. The fourth-order valence-electron chi connectivity index (χ4n) is 1.78. The van der Waals surface area contributed by atoms with Crippen molar-refractivity contribution in [2.75, 3.05) is 5.32 Å². The fraction of sp³-hybridized carbons (Fsp3) is 0.143. The first-order valence-corrected chi connectivity index (χ1v) is 8.38. The van der Waals surface area contributed by atoms with Gasteiger partial charge in [0.15, 0.2) is 0 Å². The number of carbonyl (C=O) groups excluding carboxylic acids is 1. The number of halogens is 1. The maximum Gasteiger partial charge on any atom is 0.274 e. The molecule has 0 saturated heterocycles. The Kier molecular flexibility index (Phi) is 4.29. The van der Waals surface area contributed by atoms with Crippen LogP contribution < -0.4 is 5.32 Å². The molecule has 0 aliphatic rings. The number of aromatic nitrogens is 1. The number of aryl methyl sites for hydroxylation is 2. The van der Waals surface area contributed by atoms with Gasteiger partial charge in [0.1, 0.15) is 5.69 Å². The van der Waals surface area contributed by atoms with Gasteiger partial charge in [0, 0.05) is 22.1 Å². The second-order valence-electron chi connectivity index (χ2n) is 4.53. The van der Waals surface area contributed by atoms with Crippen LogP contribution in [0.5, 0.6) is 0 Å². The lowest BCUT2D eigenvalue weighted by Crippen LogP contribution is -2.14. The van der Waals surface area contributed by atoms with Gasteiger partial charge in [-0.2, -0.15) is 0 Å². The van der Waals surface area contributed by atoms with Crippen molar-refractivity contribution in [1.82, 2.24) is 4.98 Å². The molecule has 0 fully saturated rings. The van der Waals surface area contributed by atoms with Crippen molar-refractivity contribution in [2.45, 2.75) is 18.7 Å². The summed E-state index contributed by atoms with van der Waals surface area (Å²) in [6, 6.07) is 9.39. The van der Waals surface area contributed by atoms with Crippen molar-refractivity contribution >= 4 is 31.3 Å². The number of nitrogens with one attached hydrogen (secondary N) is 1. The lowest BCUT2D eigenvalue weighted by Gasteiger charge is -2.09. The lowest BCUT2D eigenvalue weighted by molar-refractivity contribution is 0.102. The Labute approximate surface area is 127 Å². The first-order chi connectivity index (χ1) is 9.77. The summed E-state index contributed by atoms with van der Waals surface area (Å²) in [5.41, 5.74) is 2.14. The van der Waals surface area contributed by atoms with E-state index in [1.165, 1.54) is 18.2 Å². The topological polar surface area (TPSA) is 76.1 Å². The summed E-state index contributed by atoms with van der Waals surface area (Å²) in [7, 11) is 1.50. The predicted octanol–water partition coefficient (Wildman–Crippen LogP) is 2.88. The number of anilines is 1. The molecule has 0 aliphatic carbocycles. The van der Waals surface area contributed by atoms with E-state index >= 15 is 0 Å². The van der Waals surface area contributed by atoms with Gasteiger partial charge in [0.05, 0.1) is 4.90 Å². The van der Waals surface area contributed by atoms with Gasteiger partial charge in [0.25, 0.3) is 15.0 Å². The summed E-state index contributed by atoms with van der Waals surface area (Å²) in [5.74, 6) is -0.358. The summed E-state index contributed by atoms with van der Waals surface area (Å²) in [4.78, 5) is 16.2. The van der Waals surface area contributed by atoms with Crippen LogP contribution in [0.1, 0.15) is 21.7 Å². The van der Waals surface area contributed by atoms with Crippen molar-refractivity contribution in [1.29, 1.82) is 0 Å². The monoisotopic (exact) mass is 324 g/mol. The highest BCUT2D eigenvalue weighted by molar-refractivity contribution is 8.13. The molecular formula is C14H13ClN2O3S. The van der Waals surface area contributed by atoms with E-state index in [-0.39, 0.29) is 10.8 Å². The zero-order valence-corrected chi connectivity index (χ0v) is 13.0. The molecule has 1 aromatic carbocycles. The second kappa shape index (κ2) is 5.83. The predicted molar refractivity (Wildman–Crippen MR) is 81.1 cm³/mol. The highest BCUT2D eigenvalue weighted by Gasteiger charge is 2.13. The number of benzene rings is 1. The maximum atomic E-state index is 12.1. The van der Waals surface area contributed by atoms with E-state index in [1.807, 2.05) is 0 Å². The van der Waals surface area contributed by atoms with Crippen molar-refractivity contribution in [2.24, 2.45) is 0 Å². The number of pyridine rings is 1. The third-order valence-electron chi connectivity index (χ3n) is 2.85. The van der Waals surface area contributed by atoms with Crippen molar-refractivity contribution in [3.05, 3.63) is 53.3 Å². The SMILES string of the molecule is Cc1cccc(C(=O)Nc2ccc(S(=O)(=O)Cl)cc2C)n1. The molecule has 2 aromatic rings. The zero-order chi connectivity index (χ0) is 15.6.